The first-order valence-electron chi connectivity index (χ1n) is 8.54. The Hall–Kier alpha value is -1.17. The van der Waals surface area contributed by atoms with Gasteiger partial charge in [-0.1, -0.05) is 6.92 Å². The fourth-order valence-corrected chi connectivity index (χ4v) is 3.67. The summed E-state index contributed by atoms with van der Waals surface area (Å²) >= 11 is 0. The maximum Gasteiger partial charge on any atom is 0.227 e. The van der Waals surface area contributed by atoms with Gasteiger partial charge < -0.3 is 15.5 Å². The Morgan fingerprint density at radius 3 is 2.58 bits per heavy atom. The van der Waals surface area contributed by atoms with Gasteiger partial charge in [-0.3, -0.25) is 4.79 Å². The quantitative estimate of drug-likeness (QED) is 0.872. The number of carbonyl (C=O) groups excluding carboxylic acids is 1. The molecule has 0 bridgehead atoms. The zero-order valence-electron chi connectivity index (χ0n) is 14.2. The first-order chi connectivity index (χ1) is 11.0. The zero-order chi connectivity index (χ0) is 16.3. The summed E-state index contributed by atoms with van der Waals surface area (Å²) in [6, 6.07) is 5.95. The van der Waals surface area contributed by atoms with E-state index in [1.165, 1.54) is 18.6 Å². The van der Waals surface area contributed by atoms with E-state index in [-0.39, 0.29) is 30.0 Å². The highest BCUT2D eigenvalue weighted by atomic mass is 35.5. The number of rotatable bonds is 4. The van der Waals surface area contributed by atoms with Gasteiger partial charge in [-0.2, -0.15) is 0 Å². The summed E-state index contributed by atoms with van der Waals surface area (Å²) < 4.78 is 12.9. The lowest BCUT2D eigenvalue weighted by molar-refractivity contribution is -0.121. The van der Waals surface area contributed by atoms with Crippen molar-refractivity contribution in [2.75, 3.05) is 38.0 Å². The maximum absolute atomic E-state index is 12.9. The van der Waals surface area contributed by atoms with Crippen LogP contribution >= 0.6 is 12.4 Å². The van der Waals surface area contributed by atoms with Crippen molar-refractivity contribution in [3.63, 3.8) is 0 Å². The number of hydrogen-bond donors (Lipinski definition) is 2. The van der Waals surface area contributed by atoms with Gasteiger partial charge in [-0.05, 0) is 68.6 Å². The number of piperidine rings is 1. The first kappa shape index (κ1) is 19.2. The van der Waals surface area contributed by atoms with E-state index in [2.05, 4.69) is 22.5 Å². The number of halogens is 2. The van der Waals surface area contributed by atoms with Crippen molar-refractivity contribution in [1.29, 1.82) is 0 Å². The Morgan fingerprint density at radius 1 is 1.33 bits per heavy atom. The minimum absolute atomic E-state index is 0. The molecule has 2 saturated heterocycles. The second-order valence-corrected chi connectivity index (χ2v) is 7.28. The van der Waals surface area contributed by atoms with Crippen LogP contribution in [0.1, 0.15) is 26.2 Å². The van der Waals surface area contributed by atoms with Crippen LogP contribution in [0.25, 0.3) is 0 Å². The fourth-order valence-electron chi connectivity index (χ4n) is 3.67. The molecule has 2 N–H and O–H groups in total. The van der Waals surface area contributed by atoms with Crippen LogP contribution < -0.4 is 10.6 Å². The minimum Gasteiger partial charge on any atom is -0.326 e. The molecule has 0 spiro atoms. The summed E-state index contributed by atoms with van der Waals surface area (Å²) in [4.78, 5) is 14.8. The molecule has 1 unspecified atom stereocenters. The molecule has 3 rings (SSSR count). The van der Waals surface area contributed by atoms with Crippen LogP contribution in [0.15, 0.2) is 24.3 Å². The Labute approximate surface area is 149 Å². The molecule has 4 nitrogen and oxygen atoms in total. The molecule has 134 valence electrons. The van der Waals surface area contributed by atoms with Gasteiger partial charge in [-0.15, -0.1) is 12.4 Å². The topological polar surface area (TPSA) is 44.4 Å². The van der Waals surface area contributed by atoms with Crippen molar-refractivity contribution >= 4 is 24.0 Å². The van der Waals surface area contributed by atoms with Gasteiger partial charge in [0.05, 0.1) is 0 Å². The number of carbonyl (C=O) groups is 1. The largest absolute Gasteiger partial charge is 0.326 e. The Morgan fingerprint density at radius 2 is 2.00 bits per heavy atom. The molecular weight excluding hydrogens is 329 g/mol. The van der Waals surface area contributed by atoms with E-state index in [1.807, 2.05) is 0 Å². The predicted molar refractivity (Wildman–Crippen MR) is 97.0 cm³/mol. The lowest BCUT2D eigenvalue weighted by atomic mass is 9.87. The third kappa shape index (κ3) is 4.91. The summed E-state index contributed by atoms with van der Waals surface area (Å²) in [6.07, 6.45) is 3.03. The van der Waals surface area contributed by atoms with E-state index < -0.39 is 0 Å². The maximum atomic E-state index is 12.9. The normalized spacial score (nSPS) is 25.2. The van der Waals surface area contributed by atoms with Crippen molar-refractivity contribution in [2.45, 2.75) is 26.2 Å². The highest BCUT2D eigenvalue weighted by Gasteiger charge is 2.33. The van der Waals surface area contributed by atoms with Crippen molar-refractivity contribution in [1.82, 2.24) is 10.2 Å². The van der Waals surface area contributed by atoms with E-state index >= 15 is 0 Å². The van der Waals surface area contributed by atoms with E-state index in [1.54, 1.807) is 12.1 Å². The molecule has 6 heteroatoms. The molecule has 0 saturated carbocycles. The average Bonchev–Trinajstić information content (AvgIpc) is 2.96. The van der Waals surface area contributed by atoms with Crippen LogP contribution in [-0.2, 0) is 4.79 Å². The summed E-state index contributed by atoms with van der Waals surface area (Å²) in [7, 11) is 0. The first-order valence-corrected chi connectivity index (χ1v) is 8.54. The summed E-state index contributed by atoms with van der Waals surface area (Å²) in [5, 5.41) is 6.34. The van der Waals surface area contributed by atoms with Gasteiger partial charge in [-0.25, -0.2) is 4.39 Å². The zero-order valence-corrected chi connectivity index (χ0v) is 15.0. The van der Waals surface area contributed by atoms with Crippen LogP contribution in [0.3, 0.4) is 0 Å². The lowest BCUT2D eigenvalue weighted by Crippen LogP contribution is -2.43. The molecule has 2 aliphatic heterocycles. The lowest BCUT2D eigenvalue weighted by Gasteiger charge is -2.36. The Bertz CT molecular complexity index is 538. The fraction of sp³-hybridized carbons (Fsp3) is 0.611. The Kier molecular flexibility index (Phi) is 6.61. The molecule has 2 fully saturated rings. The van der Waals surface area contributed by atoms with Gasteiger partial charge in [0.2, 0.25) is 5.91 Å². The molecule has 24 heavy (non-hydrogen) atoms. The van der Waals surface area contributed by atoms with Crippen LogP contribution in [0.5, 0.6) is 0 Å². The number of nitrogens with one attached hydrogen (secondary N) is 2. The molecule has 1 aromatic carbocycles. The third-order valence-corrected chi connectivity index (χ3v) is 5.13. The number of benzene rings is 1. The molecule has 2 aliphatic rings. The molecule has 1 amide bonds. The number of amides is 1. The minimum atomic E-state index is -0.286. The Balaban J connectivity index is 0.00000208. The molecule has 0 radical (unpaired) electrons. The highest BCUT2D eigenvalue weighted by molar-refractivity contribution is 5.92. The molecule has 0 aliphatic carbocycles. The van der Waals surface area contributed by atoms with Crippen LogP contribution in [0.2, 0.25) is 0 Å². The average molecular weight is 356 g/mol. The van der Waals surface area contributed by atoms with Crippen molar-refractivity contribution in [2.24, 2.45) is 11.3 Å². The van der Waals surface area contributed by atoms with Gasteiger partial charge in [0.25, 0.3) is 0 Å². The molecule has 1 aromatic rings. The van der Waals surface area contributed by atoms with Crippen LogP contribution in [0.4, 0.5) is 10.1 Å². The second-order valence-electron chi connectivity index (χ2n) is 7.28. The van der Waals surface area contributed by atoms with E-state index in [0.29, 0.717) is 11.1 Å². The van der Waals surface area contributed by atoms with E-state index in [9.17, 15) is 9.18 Å². The summed E-state index contributed by atoms with van der Waals surface area (Å²) in [5.41, 5.74) is 1.05. The van der Waals surface area contributed by atoms with Crippen LogP contribution in [-0.4, -0.2) is 43.5 Å². The number of nitrogens with zero attached hydrogens (tertiary/aromatic N) is 1. The number of anilines is 1. The smallest absolute Gasteiger partial charge is 0.227 e. The molecule has 2 heterocycles. The van der Waals surface area contributed by atoms with Crippen molar-refractivity contribution in [3.05, 3.63) is 30.1 Å². The van der Waals surface area contributed by atoms with Gasteiger partial charge in [0.15, 0.2) is 0 Å². The van der Waals surface area contributed by atoms with Gasteiger partial charge in [0, 0.05) is 24.7 Å². The van der Waals surface area contributed by atoms with Gasteiger partial charge >= 0.3 is 0 Å². The van der Waals surface area contributed by atoms with E-state index in [4.69, 9.17) is 0 Å². The number of hydrogen-bond acceptors (Lipinski definition) is 3. The van der Waals surface area contributed by atoms with Crippen LogP contribution in [0, 0.1) is 17.2 Å². The molecule has 1 atom stereocenters. The summed E-state index contributed by atoms with van der Waals surface area (Å²) in [5.74, 6) is -0.165. The number of likely N-dealkylation sites (tertiary alicyclic amines) is 1. The monoisotopic (exact) mass is 355 g/mol. The van der Waals surface area contributed by atoms with E-state index in [0.717, 1.165) is 45.6 Å². The molecule has 0 aromatic heterocycles. The van der Waals surface area contributed by atoms with Crippen molar-refractivity contribution in [3.8, 4) is 0 Å². The standard InChI is InChI=1S/C18H26FN3O.ClH/c1-18(8-9-20-12-18)13-22-10-6-14(7-11-22)17(23)21-16-4-2-15(19)3-5-16;/h2-5,14,20H,6-13H2,1H3,(H,21,23);1H. The SMILES string of the molecule is CC1(CN2CCC(C(=O)Nc3ccc(F)cc3)CC2)CCNC1.Cl. The third-order valence-electron chi connectivity index (χ3n) is 5.13. The van der Waals surface area contributed by atoms with Gasteiger partial charge in [0.1, 0.15) is 5.82 Å². The van der Waals surface area contributed by atoms with Crippen molar-refractivity contribution < 1.29 is 9.18 Å². The highest BCUT2D eigenvalue weighted by Crippen LogP contribution is 2.28. The summed E-state index contributed by atoms with van der Waals surface area (Å²) in [6.45, 7) is 7.64. The predicted octanol–water partition coefficient (Wildman–Crippen LogP) is 2.90. The molecular formula is C18H27ClFN3O. The second kappa shape index (κ2) is 8.28.